The quantitative estimate of drug-likeness (QED) is 0.807. The van der Waals surface area contributed by atoms with Crippen molar-refractivity contribution in [3.8, 4) is 0 Å². The van der Waals surface area contributed by atoms with Crippen molar-refractivity contribution < 1.29 is 4.74 Å². The molecule has 78 valence electrons. The highest BCUT2D eigenvalue weighted by atomic mass is 32.1. The molecule has 2 rings (SSSR count). The van der Waals surface area contributed by atoms with Crippen LogP contribution in [0.4, 0.5) is 0 Å². The lowest BCUT2D eigenvalue weighted by Crippen LogP contribution is -2.44. The number of ether oxygens (including phenoxy) is 1. The highest BCUT2D eigenvalue weighted by molar-refractivity contribution is 7.09. The Morgan fingerprint density at radius 1 is 1.57 bits per heavy atom. The van der Waals surface area contributed by atoms with E-state index >= 15 is 0 Å². The van der Waals surface area contributed by atoms with Gasteiger partial charge in [-0.2, -0.15) is 0 Å². The van der Waals surface area contributed by atoms with Crippen molar-refractivity contribution in [2.45, 2.75) is 38.5 Å². The fourth-order valence-electron chi connectivity index (χ4n) is 1.76. The van der Waals surface area contributed by atoms with E-state index in [1.165, 1.54) is 17.7 Å². The van der Waals surface area contributed by atoms with E-state index in [0.29, 0.717) is 12.1 Å². The van der Waals surface area contributed by atoms with E-state index in [4.69, 9.17) is 4.74 Å². The van der Waals surface area contributed by atoms with Gasteiger partial charge in [-0.25, -0.2) is 0 Å². The fraction of sp³-hybridized carbons (Fsp3) is 0.636. The summed E-state index contributed by atoms with van der Waals surface area (Å²) in [6.07, 6.45) is 2.87. The van der Waals surface area contributed by atoms with Gasteiger partial charge in [-0.3, -0.25) is 0 Å². The van der Waals surface area contributed by atoms with Crippen LogP contribution in [-0.4, -0.2) is 18.8 Å². The molecule has 1 heterocycles. The molecule has 1 saturated carbocycles. The maximum absolute atomic E-state index is 5.51. The van der Waals surface area contributed by atoms with Gasteiger partial charge < -0.3 is 10.1 Å². The molecule has 0 saturated heterocycles. The summed E-state index contributed by atoms with van der Waals surface area (Å²) in [6, 6.07) is 4.95. The minimum absolute atomic E-state index is 0.515. The molecular formula is C11H17NOS. The molecule has 1 aliphatic rings. The molecule has 1 N–H and O–H groups in total. The predicted molar refractivity (Wildman–Crippen MR) is 59.6 cm³/mol. The Morgan fingerprint density at radius 2 is 2.43 bits per heavy atom. The van der Waals surface area contributed by atoms with Crippen LogP contribution in [0, 0.1) is 0 Å². The molecule has 0 amide bonds. The highest BCUT2D eigenvalue weighted by Gasteiger charge is 2.28. The summed E-state index contributed by atoms with van der Waals surface area (Å²) in [5.74, 6) is 0. The molecule has 0 atom stereocenters. The molecule has 0 aromatic carbocycles. The van der Waals surface area contributed by atoms with E-state index in [9.17, 15) is 0 Å². The van der Waals surface area contributed by atoms with Gasteiger partial charge in [0.25, 0.3) is 0 Å². The van der Waals surface area contributed by atoms with E-state index in [0.717, 1.165) is 13.2 Å². The predicted octanol–water partition coefficient (Wildman–Crippen LogP) is 2.41. The molecule has 0 spiro atoms. The van der Waals surface area contributed by atoms with E-state index in [1.807, 2.05) is 11.3 Å². The number of hydrogen-bond acceptors (Lipinski definition) is 3. The maximum Gasteiger partial charge on any atom is 0.0604 e. The first-order valence-electron chi connectivity index (χ1n) is 5.26. The standard InChI is InChI=1S/C11H17NOS/c1-2-13-10-6-9(7-10)12-8-11-4-3-5-14-11/h3-5,9-10,12H,2,6-8H2,1H3. The molecule has 2 nitrogen and oxygen atoms in total. The second kappa shape index (κ2) is 4.91. The third kappa shape index (κ3) is 2.56. The topological polar surface area (TPSA) is 21.3 Å². The van der Waals surface area contributed by atoms with Crippen molar-refractivity contribution in [1.29, 1.82) is 0 Å². The Labute approximate surface area is 89.3 Å². The Bertz CT molecular complexity index is 254. The van der Waals surface area contributed by atoms with Gasteiger partial charge in [-0.15, -0.1) is 11.3 Å². The van der Waals surface area contributed by atoms with Crippen LogP contribution in [0.3, 0.4) is 0 Å². The molecule has 1 aromatic rings. The number of nitrogens with one attached hydrogen (secondary N) is 1. The first kappa shape index (κ1) is 10.1. The van der Waals surface area contributed by atoms with Crippen LogP contribution >= 0.6 is 11.3 Å². The summed E-state index contributed by atoms with van der Waals surface area (Å²) in [5, 5.41) is 5.67. The van der Waals surface area contributed by atoms with Crippen molar-refractivity contribution in [1.82, 2.24) is 5.32 Å². The van der Waals surface area contributed by atoms with E-state index in [2.05, 4.69) is 29.8 Å². The van der Waals surface area contributed by atoms with E-state index < -0.39 is 0 Å². The summed E-state index contributed by atoms with van der Waals surface area (Å²) in [5.41, 5.74) is 0. The molecule has 1 fully saturated rings. The molecule has 0 aliphatic heterocycles. The Morgan fingerprint density at radius 3 is 3.07 bits per heavy atom. The van der Waals surface area contributed by atoms with Gasteiger partial charge in [0.2, 0.25) is 0 Å². The molecule has 1 aliphatic carbocycles. The van der Waals surface area contributed by atoms with Gasteiger partial charge in [-0.05, 0) is 31.2 Å². The first-order valence-corrected chi connectivity index (χ1v) is 6.14. The average Bonchev–Trinajstić information content (AvgIpc) is 2.61. The van der Waals surface area contributed by atoms with Gasteiger partial charge in [0.05, 0.1) is 6.10 Å². The monoisotopic (exact) mass is 211 g/mol. The number of thiophene rings is 1. The first-order chi connectivity index (χ1) is 6.88. The fourth-order valence-corrected chi connectivity index (χ4v) is 2.42. The SMILES string of the molecule is CCOC1CC(NCc2cccs2)C1. The Balaban J connectivity index is 1.61. The summed E-state index contributed by atoms with van der Waals surface area (Å²) in [4.78, 5) is 1.42. The smallest absolute Gasteiger partial charge is 0.0604 e. The van der Waals surface area contributed by atoms with Crippen LogP contribution < -0.4 is 5.32 Å². The summed E-state index contributed by atoms with van der Waals surface area (Å²) in [6.45, 7) is 3.93. The molecule has 1 aromatic heterocycles. The third-order valence-corrected chi connectivity index (χ3v) is 3.52. The zero-order valence-corrected chi connectivity index (χ0v) is 9.35. The van der Waals surface area contributed by atoms with Crippen molar-refractivity contribution >= 4 is 11.3 Å². The van der Waals surface area contributed by atoms with Gasteiger partial charge in [0, 0.05) is 24.1 Å². The number of hydrogen-bond donors (Lipinski definition) is 1. The van der Waals surface area contributed by atoms with Crippen LogP contribution in [0.1, 0.15) is 24.6 Å². The lowest BCUT2D eigenvalue weighted by molar-refractivity contribution is -0.0101. The summed E-state index contributed by atoms with van der Waals surface area (Å²) in [7, 11) is 0. The summed E-state index contributed by atoms with van der Waals surface area (Å²) < 4.78 is 5.51. The Hall–Kier alpha value is -0.380. The molecule has 14 heavy (non-hydrogen) atoms. The van der Waals surface area contributed by atoms with Gasteiger partial charge in [0.15, 0.2) is 0 Å². The van der Waals surface area contributed by atoms with Crippen molar-refractivity contribution in [2.24, 2.45) is 0 Å². The van der Waals surface area contributed by atoms with Gasteiger partial charge in [-0.1, -0.05) is 6.07 Å². The van der Waals surface area contributed by atoms with Crippen LogP contribution in [0.5, 0.6) is 0 Å². The molecule has 0 bridgehead atoms. The normalized spacial score (nSPS) is 26.1. The maximum atomic E-state index is 5.51. The van der Waals surface area contributed by atoms with Gasteiger partial charge in [0.1, 0.15) is 0 Å². The molecular weight excluding hydrogens is 194 g/mol. The van der Waals surface area contributed by atoms with Crippen LogP contribution in [0.25, 0.3) is 0 Å². The third-order valence-electron chi connectivity index (χ3n) is 2.64. The second-order valence-corrected chi connectivity index (χ2v) is 4.74. The van der Waals surface area contributed by atoms with Crippen molar-refractivity contribution in [3.63, 3.8) is 0 Å². The number of rotatable bonds is 5. The minimum atomic E-state index is 0.515. The molecule has 0 unspecified atom stereocenters. The van der Waals surface area contributed by atoms with Gasteiger partial charge >= 0.3 is 0 Å². The lowest BCUT2D eigenvalue weighted by atomic mass is 9.89. The second-order valence-electron chi connectivity index (χ2n) is 3.71. The molecule has 3 heteroatoms. The zero-order valence-electron chi connectivity index (χ0n) is 8.53. The average molecular weight is 211 g/mol. The van der Waals surface area contributed by atoms with Crippen LogP contribution in [0.2, 0.25) is 0 Å². The van der Waals surface area contributed by atoms with Crippen LogP contribution in [-0.2, 0) is 11.3 Å². The highest BCUT2D eigenvalue weighted by Crippen LogP contribution is 2.23. The van der Waals surface area contributed by atoms with Crippen LogP contribution in [0.15, 0.2) is 17.5 Å². The molecule has 0 radical (unpaired) electrons. The minimum Gasteiger partial charge on any atom is -0.378 e. The Kier molecular flexibility index (Phi) is 3.56. The van der Waals surface area contributed by atoms with Crippen molar-refractivity contribution in [3.05, 3.63) is 22.4 Å². The largest absolute Gasteiger partial charge is 0.378 e. The zero-order chi connectivity index (χ0) is 9.80. The lowest BCUT2D eigenvalue weighted by Gasteiger charge is -2.35. The van der Waals surface area contributed by atoms with E-state index in [1.54, 1.807) is 0 Å². The van der Waals surface area contributed by atoms with Crippen molar-refractivity contribution in [2.75, 3.05) is 6.61 Å². The van der Waals surface area contributed by atoms with E-state index in [-0.39, 0.29) is 0 Å². The summed E-state index contributed by atoms with van der Waals surface area (Å²) >= 11 is 1.82.